The summed E-state index contributed by atoms with van der Waals surface area (Å²) in [6, 6.07) is 13.7. The first-order valence-electron chi connectivity index (χ1n) is 12.1. The number of benzene rings is 1. The van der Waals surface area contributed by atoms with Gasteiger partial charge in [-0.05, 0) is 67.5 Å². The van der Waals surface area contributed by atoms with Gasteiger partial charge < -0.3 is 15.1 Å². The van der Waals surface area contributed by atoms with E-state index in [1.807, 2.05) is 24.3 Å². The Kier molecular flexibility index (Phi) is 8.02. The fourth-order valence-electron chi connectivity index (χ4n) is 4.39. The molecule has 1 aliphatic rings. The second-order valence-corrected chi connectivity index (χ2v) is 9.73. The Morgan fingerprint density at radius 1 is 1.09 bits per heavy atom. The molecule has 7 nitrogen and oxygen atoms in total. The van der Waals surface area contributed by atoms with Gasteiger partial charge in [-0.1, -0.05) is 38.0 Å². The van der Waals surface area contributed by atoms with Crippen molar-refractivity contribution in [3.8, 4) is 0 Å². The standard InChI is InChI=1S/C27H31N3O4S/c1-3-19-11-13-21(14-12-19)30(24(31)17-28-26(32)23-9-6-16-35-23)25(22-15-10-18(2)34-22)27(33)29-20-7-4-5-8-20/h6,9-16,20,25H,3-5,7-8,17H2,1-2H3,(H,28,32)(H,29,33)/t25-/m0/s1. The van der Waals surface area contributed by atoms with Gasteiger partial charge in [0.15, 0.2) is 6.04 Å². The largest absolute Gasteiger partial charge is 0.464 e. The molecule has 184 valence electrons. The van der Waals surface area contributed by atoms with Crippen molar-refractivity contribution in [1.29, 1.82) is 0 Å². The third-order valence-electron chi connectivity index (χ3n) is 6.28. The van der Waals surface area contributed by atoms with E-state index >= 15 is 0 Å². The van der Waals surface area contributed by atoms with Crippen LogP contribution in [0, 0.1) is 6.92 Å². The number of rotatable bonds is 9. The van der Waals surface area contributed by atoms with Crippen molar-refractivity contribution in [3.05, 3.63) is 75.9 Å². The minimum absolute atomic E-state index is 0.0824. The van der Waals surface area contributed by atoms with Crippen molar-refractivity contribution in [3.63, 3.8) is 0 Å². The normalized spacial score (nSPS) is 14.5. The summed E-state index contributed by atoms with van der Waals surface area (Å²) in [4.78, 5) is 41.7. The van der Waals surface area contributed by atoms with Crippen molar-refractivity contribution in [2.45, 2.75) is 58.0 Å². The molecule has 0 radical (unpaired) electrons. The van der Waals surface area contributed by atoms with Crippen LogP contribution in [0.15, 0.2) is 58.3 Å². The van der Waals surface area contributed by atoms with Crippen LogP contribution in [-0.4, -0.2) is 30.3 Å². The van der Waals surface area contributed by atoms with E-state index in [0.29, 0.717) is 22.1 Å². The molecule has 2 N–H and O–H groups in total. The van der Waals surface area contributed by atoms with E-state index in [2.05, 4.69) is 17.6 Å². The predicted molar refractivity (Wildman–Crippen MR) is 137 cm³/mol. The number of carbonyl (C=O) groups excluding carboxylic acids is 3. The van der Waals surface area contributed by atoms with Gasteiger partial charge >= 0.3 is 0 Å². The van der Waals surface area contributed by atoms with Gasteiger partial charge in [0.2, 0.25) is 5.91 Å². The molecule has 4 rings (SSSR count). The lowest BCUT2D eigenvalue weighted by molar-refractivity contribution is -0.127. The first-order chi connectivity index (χ1) is 17.0. The molecular formula is C27H31N3O4S. The van der Waals surface area contributed by atoms with E-state index in [9.17, 15) is 14.4 Å². The van der Waals surface area contributed by atoms with Gasteiger partial charge in [-0.25, -0.2) is 0 Å². The lowest BCUT2D eigenvalue weighted by atomic mass is 10.1. The lowest BCUT2D eigenvalue weighted by Gasteiger charge is -2.31. The summed E-state index contributed by atoms with van der Waals surface area (Å²) >= 11 is 1.30. The summed E-state index contributed by atoms with van der Waals surface area (Å²) in [5, 5.41) is 7.63. The molecule has 0 spiro atoms. The van der Waals surface area contributed by atoms with E-state index < -0.39 is 11.9 Å². The van der Waals surface area contributed by atoms with Gasteiger partial charge in [-0.15, -0.1) is 11.3 Å². The maximum absolute atomic E-state index is 13.6. The summed E-state index contributed by atoms with van der Waals surface area (Å²) in [7, 11) is 0. The molecule has 0 saturated heterocycles. The molecule has 0 unspecified atom stereocenters. The van der Waals surface area contributed by atoms with Crippen molar-refractivity contribution in [1.82, 2.24) is 10.6 Å². The number of amides is 3. The van der Waals surface area contributed by atoms with Gasteiger partial charge in [-0.3, -0.25) is 19.3 Å². The molecule has 1 saturated carbocycles. The highest BCUT2D eigenvalue weighted by atomic mass is 32.1. The molecule has 3 amide bonds. The molecule has 8 heteroatoms. The van der Waals surface area contributed by atoms with Gasteiger partial charge in [0.05, 0.1) is 11.4 Å². The number of carbonyl (C=O) groups is 3. The van der Waals surface area contributed by atoms with Crippen LogP contribution in [0.25, 0.3) is 0 Å². The fourth-order valence-corrected chi connectivity index (χ4v) is 5.03. The Balaban J connectivity index is 1.66. The van der Waals surface area contributed by atoms with Crippen molar-refractivity contribution < 1.29 is 18.8 Å². The number of aryl methyl sites for hydroxylation is 2. The SMILES string of the molecule is CCc1ccc(N(C(=O)CNC(=O)c2cccs2)[C@H](C(=O)NC2CCCC2)c2ccc(C)o2)cc1. The maximum atomic E-state index is 13.6. The quantitative estimate of drug-likeness (QED) is 0.449. The summed E-state index contributed by atoms with van der Waals surface area (Å²) in [6.45, 7) is 3.61. The Bertz CT molecular complexity index is 1150. The highest BCUT2D eigenvalue weighted by Gasteiger charge is 2.36. The Morgan fingerprint density at radius 3 is 2.43 bits per heavy atom. The Hall–Kier alpha value is -3.39. The predicted octanol–water partition coefficient (Wildman–Crippen LogP) is 4.78. The molecular weight excluding hydrogens is 462 g/mol. The van der Waals surface area contributed by atoms with Crippen LogP contribution >= 0.6 is 11.3 Å². The first-order valence-corrected chi connectivity index (χ1v) is 12.9. The van der Waals surface area contributed by atoms with Crippen molar-refractivity contribution in [2.24, 2.45) is 0 Å². The van der Waals surface area contributed by atoms with E-state index in [0.717, 1.165) is 37.7 Å². The van der Waals surface area contributed by atoms with Crippen LogP contribution in [0.3, 0.4) is 0 Å². The third-order valence-corrected chi connectivity index (χ3v) is 7.14. The van der Waals surface area contributed by atoms with Gasteiger partial charge in [0.1, 0.15) is 11.5 Å². The fraction of sp³-hybridized carbons (Fsp3) is 0.370. The molecule has 1 aliphatic carbocycles. The van der Waals surface area contributed by atoms with E-state index in [1.54, 1.807) is 36.6 Å². The van der Waals surface area contributed by atoms with E-state index in [-0.39, 0.29) is 24.4 Å². The van der Waals surface area contributed by atoms with E-state index in [4.69, 9.17) is 4.42 Å². The van der Waals surface area contributed by atoms with Crippen LogP contribution in [0.5, 0.6) is 0 Å². The van der Waals surface area contributed by atoms with Crippen molar-refractivity contribution in [2.75, 3.05) is 11.4 Å². The Labute approximate surface area is 209 Å². The summed E-state index contributed by atoms with van der Waals surface area (Å²) < 4.78 is 5.87. The third kappa shape index (κ3) is 6.00. The molecule has 1 atom stereocenters. The second kappa shape index (κ2) is 11.4. The number of hydrogen-bond acceptors (Lipinski definition) is 5. The summed E-state index contributed by atoms with van der Waals surface area (Å²) in [5.74, 6) is 0.0212. The number of anilines is 1. The number of hydrogen-bond donors (Lipinski definition) is 2. The number of nitrogens with one attached hydrogen (secondary N) is 2. The lowest BCUT2D eigenvalue weighted by Crippen LogP contribution is -2.49. The molecule has 3 aromatic rings. The molecule has 35 heavy (non-hydrogen) atoms. The zero-order valence-corrected chi connectivity index (χ0v) is 20.9. The minimum atomic E-state index is -0.997. The van der Waals surface area contributed by atoms with Crippen LogP contribution in [0.1, 0.15) is 65.4 Å². The van der Waals surface area contributed by atoms with Gasteiger partial charge in [0, 0.05) is 11.7 Å². The minimum Gasteiger partial charge on any atom is -0.464 e. The monoisotopic (exact) mass is 493 g/mol. The highest BCUT2D eigenvalue weighted by Crippen LogP contribution is 2.30. The van der Waals surface area contributed by atoms with Crippen LogP contribution in [0.2, 0.25) is 0 Å². The van der Waals surface area contributed by atoms with Crippen LogP contribution in [-0.2, 0) is 16.0 Å². The first kappa shape index (κ1) is 24.7. The van der Waals surface area contributed by atoms with E-state index in [1.165, 1.54) is 16.2 Å². The second-order valence-electron chi connectivity index (χ2n) is 8.78. The Morgan fingerprint density at radius 2 is 1.83 bits per heavy atom. The zero-order valence-electron chi connectivity index (χ0n) is 20.1. The van der Waals surface area contributed by atoms with Crippen molar-refractivity contribution >= 4 is 34.7 Å². The molecule has 0 bridgehead atoms. The summed E-state index contributed by atoms with van der Waals surface area (Å²) in [6.07, 6.45) is 4.85. The number of nitrogens with zero attached hydrogens (tertiary/aromatic N) is 1. The molecule has 2 aromatic heterocycles. The van der Waals surface area contributed by atoms with Gasteiger partial charge in [-0.2, -0.15) is 0 Å². The average molecular weight is 494 g/mol. The molecule has 2 heterocycles. The van der Waals surface area contributed by atoms with Gasteiger partial charge in [0.25, 0.3) is 11.8 Å². The number of thiophene rings is 1. The van der Waals surface area contributed by atoms with Crippen LogP contribution in [0.4, 0.5) is 5.69 Å². The maximum Gasteiger partial charge on any atom is 0.261 e. The average Bonchev–Trinajstić information content (AvgIpc) is 3.64. The highest BCUT2D eigenvalue weighted by molar-refractivity contribution is 7.12. The molecule has 1 aromatic carbocycles. The topological polar surface area (TPSA) is 91.7 Å². The smallest absolute Gasteiger partial charge is 0.261 e. The molecule has 0 aliphatic heterocycles. The number of furan rings is 1. The zero-order chi connectivity index (χ0) is 24.8. The summed E-state index contributed by atoms with van der Waals surface area (Å²) in [5.41, 5.74) is 1.69. The molecule has 1 fully saturated rings. The van der Waals surface area contributed by atoms with Crippen LogP contribution < -0.4 is 15.5 Å².